The number of aryl methyl sites for hydroxylation is 1. The SMILES string of the molecule is COC(=O)C(C)Oc1cc(C)c(P)cc1[N+](=O)[O-]. The van der Waals surface area contributed by atoms with Crippen LogP contribution in [-0.2, 0) is 9.53 Å². The van der Waals surface area contributed by atoms with E-state index in [4.69, 9.17) is 4.74 Å². The number of hydrogen-bond donors (Lipinski definition) is 0. The second-order valence-corrected chi connectivity index (χ2v) is 4.34. The minimum atomic E-state index is -0.900. The molecule has 0 aliphatic rings. The zero-order chi connectivity index (χ0) is 13.9. The van der Waals surface area contributed by atoms with E-state index in [1.807, 2.05) is 0 Å². The first-order valence-electron chi connectivity index (χ1n) is 5.15. The first kappa shape index (κ1) is 14.4. The van der Waals surface area contributed by atoms with Gasteiger partial charge in [-0.15, -0.1) is 9.24 Å². The molecule has 0 radical (unpaired) electrons. The number of methoxy groups -OCH3 is 1. The van der Waals surface area contributed by atoms with Crippen molar-refractivity contribution < 1.29 is 19.2 Å². The number of nitro groups is 1. The quantitative estimate of drug-likeness (QED) is 0.357. The average molecular weight is 271 g/mol. The van der Waals surface area contributed by atoms with Gasteiger partial charge in [0.1, 0.15) is 0 Å². The van der Waals surface area contributed by atoms with Gasteiger partial charge in [0.05, 0.1) is 12.0 Å². The molecule has 6 nitrogen and oxygen atoms in total. The van der Waals surface area contributed by atoms with E-state index in [2.05, 4.69) is 14.0 Å². The van der Waals surface area contributed by atoms with Crippen LogP contribution >= 0.6 is 9.24 Å². The number of nitro benzene ring substituents is 1. The molecule has 0 aliphatic carbocycles. The van der Waals surface area contributed by atoms with Crippen LogP contribution in [0.3, 0.4) is 0 Å². The minimum absolute atomic E-state index is 0.0570. The maximum Gasteiger partial charge on any atom is 0.346 e. The van der Waals surface area contributed by atoms with Crippen molar-refractivity contribution in [3.8, 4) is 5.75 Å². The van der Waals surface area contributed by atoms with Gasteiger partial charge in [-0.05, 0) is 30.8 Å². The van der Waals surface area contributed by atoms with Gasteiger partial charge in [0, 0.05) is 6.07 Å². The molecule has 2 atom stereocenters. The van der Waals surface area contributed by atoms with Crippen molar-refractivity contribution in [2.75, 3.05) is 7.11 Å². The van der Waals surface area contributed by atoms with E-state index in [1.165, 1.54) is 26.2 Å². The van der Waals surface area contributed by atoms with Crippen LogP contribution in [-0.4, -0.2) is 24.1 Å². The maximum absolute atomic E-state index is 11.2. The van der Waals surface area contributed by atoms with E-state index in [0.29, 0.717) is 5.30 Å². The molecule has 0 saturated carbocycles. The highest BCUT2D eigenvalue weighted by Crippen LogP contribution is 2.28. The van der Waals surface area contributed by atoms with Crippen LogP contribution < -0.4 is 10.0 Å². The van der Waals surface area contributed by atoms with Gasteiger partial charge in [-0.25, -0.2) is 4.79 Å². The van der Waals surface area contributed by atoms with Crippen LogP contribution in [0.5, 0.6) is 5.75 Å². The molecule has 0 bridgehead atoms. The van der Waals surface area contributed by atoms with Gasteiger partial charge in [-0.2, -0.15) is 0 Å². The molecule has 0 heterocycles. The molecule has 7 heteroatoms. The van der Waals surface area contributed by atoms with Gasteiger partial charge in [0.2, 0.25) is 0 Å². The van der Waals surface area contributed by atoms with Crippen LogP contribution in [0.15, 0.2) is 12.1 Å². The maximum atomic E-state index is 11.2. The molecule has 2 unspecified atom stereocenters. The molecular formula is C11H14NO5P. The molecule has 1 aromatic rings. The summed E-state index contributed by atoms with van der Waals surface area (Å²) in [5.74, 6) is -0.529. The minimum Gasteiger partial charge on any atom is -0.472 e. The van der Waals surface area contributed by atoms with Crippen LogP contribution in [0, 0.1) is 17.0 Å². The normalized spacial score (nSPS) is 11.8. The van der Waals surface area contributed by atoms with Crippen LogP contribution in [0.4, 0.5) is 5.69 Å². The fourth-order valence-electron chi connectivity index (χ4n) is 1.33. The van der Waals surface area contributed by atoms with Gasteiger partial charge in [-0.3, -0.25) is 10.1 Å². The van der Waals surface area contributed by atoms with E-state index in [1.54, 1.807) is 6.92 Å². The summed E-state index contributed by atoms with van der Waals surface area (Å²) in [5, 5.41) is 11.6. The summed E-state index contributed by atoms with van der Waals surface area (Å²) in [7, 11) is 3.64. The van der Waals surface area contributed by atoms with Crippen molar-refractivity contribution in [3.05, 3.63) is 27.8 Å². The predicted octanol–water partition coefficient (Wildman–Crippen LogP) is 1.34. The third-order valence-electron chi connectivity index (χ3n) is 2.38. The second-order valence-electron chi connectivity index (χ2n) is 3.72. The molecule has 1 aromatic carbocycles. The van der Waals surface area contributed by atoms with Crippen molar-refractivity contribution in [1.29, 1.82) is 0 Å². The number of hydrogen-bond acceptors (Lipinski definition) is 5. The van der Waals surface area contributed by atoms with Crippen molar-refractivity contribution >= 4 is 26.2 Å². The van der Waals surface area contributed by atoms with E-state index in [-0.39, 0.29) is 11.4 Å². The lowest BCUT2D eigenvalue weighted by atomic mass is 10.2. The number of ether oxygens (including phenoxy) is 2. The van der Waals surface area contributed by atoms with Crippen molar-refractivity contribution in [3.63, 3.8) is 0 Å². The van der Waals surface area contributed by atoms with Gasteiger partial charge in [0.15, 0.2) is 11.9 Å². The zero-order valence-corrected chi connectivity index (χ0v) is 11.5. The van der Waals surface area contributed by atoms with Crippen molar-refractivity contribution in [2.45, 2.75) is 20.0 Å². The first-order chi connectivity index (χ1) is 8.36. The lowest BCUT2D eigenvalue weighted by Gasteiger charge is -2.13. The molecule has 98 valence electrons. The number of benzene rings is 1. The zero-order valence-electron chi connectivity index (χ0n) is 10.3. The molecule has 0 amide bonds. The summed E-state index contributed by atoms with van der Waals surface area (Å²) >= 11 is 0. The number of rotatable bonds is 4. The van der Waals surface area contributed by atoms with Gasteiger partial charge in [-0.1, -0.05) is 0 Å². The fourth-order valence-corrected chi connectivity index (χ4v) is 1.57. The monoisotopic (exact) mass is 271 g/mol. The largest absolute Gasteiger partial charge is 0.472 e. The summed E-state index contributed by atoms with van der Waals surface area (Å²) in [4.78, 5) is 21.6. The number of carbonyl (C=O) groups excluding carboxylic acids is 1. The number of esters is 1. The lowest BCUT2D eigenvalue weighted by molar-refractivity contribution is -0.385. The van der Waals surface area contributed by atoms with E-state index in [0.717, 1.165) is 5.56 Å². The number of carbonyl (C=O) groups is 1. The molecule has 0 fully saturated rings. The molecule has 0 N–H and O–H groups in total. The molecule has 1 rings (SSSR count). The highest BCUT2D eigenvalue weighted by atomic mass is 31.0. The van der Waals surface area contributed by atoms with Crippen LogP contribution in [0.1, 0.15) is 12.5 Å². The molecule has 18 heavy (non-hydrogen) atoms. The number of nitrogens with zero attached hydrogens (tertiary/aromatic N) is 1. The predicted molar refractivity (Wildman–Crippen MR) is 69.3 cm³/mol. The summed E-state index contributed by atoms with van der Waals surface area (Å²) in [6.45, 7) is 3.27. The highest BCUT2D eigenvalue weighted by molar-refractivity contribution is 7.27. The molecule has 0 aromatic heterocycles. The lowest BCUT2D eigenvalue weighted by Crippen LogP contribution is -2.25. The summed E-state index contributed by atoms with van der Waals surface area (Å²) in [6, 6.07) is 2.92. The molecule has 0 spiro atoms. The molecule has 0 saturated heterocycles. The third kappa shape index (κ3) is 3.17. The Hall–Kier alpha value is -1.68. The topological polar surface area (TPSA) is 78.7 Å². The Balaban J connectivity index is 3.11. The Labute approximate surface area is 107 Å². The van der Waals surface area contributed by atoms with Gasteiger partial charge >= 0.3 is 11.7 Å². The standard InChI is InChI=1S/C11H14NO5P/c1-6-4-9(17-7(2)11(13)16-3)8(12(14)15)5-10(6)18/h4-5,7H,18H2,1-3H3. The summed E-state index contributed by atoms with van der Waals surface area (Å²) in [5.41, 5.74) is 0.638. The Morgan fingerprint density at radius 2 is 2.11 bits per heavy atom. The Bertz CT molecular complexity index is 489. The molecular weight excluding hydrogens is 257 g/mol. The highest BCUT2D eigenvalue weighted by Gasteiger charge is 2.22. The Morgan fingerprint density at radius 3 is 2.61 bits per heavy atom. The summed E-state index contributed by atoms with van der Waals surface area (Å²) in [6.07, 6.45) is -0.900. The summed E-state index contributed by atoms with van der Waals surface area (Å²) < 4.78 is 9.77. The van der Waals surface area contributed by atoms with E-state index in [9.17, 15) is 14.9 Å². The van der Waals surface area contributed by atoms with Crippen molar-refractivity contribution in [1.82, 2.24) is 0 Å². The first-order valence-corrected chi connectivity index (χ1v) is 5.73. The van der Waals surface area contributed by atoms with E-state index >= 15 is 0 Å². The van der Waals surface area contributed by atoms with Crippen LogP contribution in [0.2, 0.25) is 0 Å². The average Bonchev–Trinajstić information content (AvgIpc) is 2.31. The van der Waals surface area contributed by atoms with Gasteiger partial charge in [0.25, 0.3) is 0 Å². The van der Waals surface area contributed by atoms with Gasteiger partial charge < -0.3 is 9.47 Å². The van der Waals surface area contributed by atoms with E-state index < -0.39 is 17.0 Å². The van der Waals surface area contributed by atoms with Crippen LogP contribution in [0.25, 0.3) is 0 Å². The fraction of sp³-hybridized carbons (Fsp3) is 0.364. The Kier molecular flexibility index (Phi) is 4.62. The third-order valence-corrected chi connectivity index (χ3v) is 3.00. The second kappa shape index (κ2) is 5.78. The smallest absolute Gasteiger partial charge is 0.346 e. The van der Waals surface area contributed by atoms with Crippen molar-refractivity contribution in [2.24, 2.45) is 0 Å². The Morgan fingerprint density at radius 1 is 1.50 bits per heavy atom. The molecule has 0 aliphatic heterocycles.